The molecular weight excluding hydrogens is 612 g/mol. The van der Waals surface area contributed by atoms with Crippen molar-refractivity contribution in [2.75, 3.05) is 31.6 Å². The number of nitrogens with zero attached hydrogens (tertiary/aromatic N) is 3. The SMILES string of the molecule is O=Nc1cc(Br)cc(C(=O)N2CCC(F)(F)CC2)c1N[C@@H]1COCCC1NC(=O)c1cncc2cc(Cl)ccc12. The summed E-state index contributed by atoms with van der Waals surface area (Å²) in [6, 6.07) is 7.19. The number of alkyl halides is 2. The number of likely N-dealkylation sites (tertiary alicyclic amines) is 1. The number of nitrogens with one attached hydrogen (secondary N) is 2. The molecule has 1 aromatic heterocycles. The quantitative estimate of drug-likeness (QED) is 0.325. The first-order chi connectivity index (χ1) is 19.1. The van der Waals surface area contributed by atoms with Crippen LogP contribution in [-0.2, 0) is 4.74 Å². The zero-order valence-corrected chi connectivity index (χ0v) is 23.5. The Bertz CT molecular complexity index is 1470. The summed E-state index contributed by atoms with van der Waals surface area (Å²) in [5.41, 5.74) is 0.596. The lowest BCUT2D eigenvalue weighted by Crippen LogP contribution is -2.52. The number of piperidine rings is 1. The van der Waals surface area contributed by atoms with Crippen molar-refractivity contribution in [1.29, 1.82) is 0 Å². The van der Waals surface area contributed by atoms with Crippen LogP contribution in [0.2, 0.25) is 5.02 Å². The van der Waals surface area contributed by atoms with Gasteiger partial charge in [0.25, 0.3) is 17.7 Å². The van der Waals surface area contributed by atoms with Gasteiger partial charge in [-0.3, -0.25) is 14.6 Å². The molecule has 3 aromatic rings. The van der Waals surface area contributed by atoms with E-state index < -0.39 is 36.8 Å². The minimum absolute atomic E-state index is 0.0363. The molecule has 40 heavy (non-hydrogen) atoms. The molecule has 2 N–H and O–H groups in total. The van der Waals surface area contributed by atoms with Gasteiger partial charge < -0.3 is 20.3 Å². The number of pyridine rings is 1. The van der Waals surface area contributed by atoms with Gasteiger partial charge in [-0.1, -0.05) is 33.6 Å². The Morgan fingerprint density at radius 1 is 1.12 bits per heavy atom. The van der Waals surface area contributed by atoms with E-state index in [0.717, 1.165) is 5.39 Å². The van der Waals surface area contributed by atoms with Gasteiger partial charge >= 0.3 is 0 Å². The van der Waals surface area contributed by atoms with Crippen molar-refractivity contribution in [2.45, 2.75) is 37.3 Å². The van der Waals surface area contributed by atoms with Gasteiger partial charge in [-0.15, -0.1) is 4.91 Å². The van der Waals surface area contributed by atoms with Crippen LogP contribution in [0.1, 0.15) is 40.0 Å². The van der Waals surface area contributed by atoms with Crippen LogP contribution in [-0.4, -0.2) is 66.0 Å². The van der Waals surface area contributed by atoms with E-state index in [1.165, 1.54) is 23.2 Å². The number of hydrogen-bond acceptors (Lipinski definition) is 7. The topological polar surface area (TPSA) is 113 Å². The highest BCUT2D eigenvalue weighted by molar-refractivity contribution is 9.10. The number of halogens is 4. The van der Waals surface area contributed by atoms with Gasteiger partial charge in [-0.25, -0.2) is 8.78 Å². The third kappa shape index (κ3) is 6.08. The molecule has 2 aromatic carbocycles. The zero-order chi connectivity index (χ0) is 28.4. The number of ether oxygens (including phenoxy) is 1. The highest BCUT2D eigenvalue weighted by atomic mass is 79.9. The summed E-state index contributed by atoms with van der Waals surface area (Å²) in [6.45, 7) is 0.333. The smallest absolute Gasteiger partial charge is 0.256 e. The number of amides is 2. The molecular formula is C27H25BrClF2N5O4. The third-order valence-electron chi connectivity index (χ3n) is 7.16. The lowest BCUT2D eigenvalue weighted by Gasteiger charge is -2.35. The first kappa shape index (κ1) is 28.3. The maximum Gasteiger partial charge on any atom is 0.256 e. The number of hydrogen-bond donors (Lipinski definition) is 2. The Hall–Kier alpha value is -3.22. The number of rotatable bonds is 6. The van der Waals surface area contributed by atoms with Gasteiger partial charge in [-0.05, 0) is 41.2 Å². The predicted molar refractivity (Wildman–Crippen MR) is 151 cm³/mol. The fourth-order valence-corrected chi connectivity index (χ4v) is 5.63. The lowest BCUT2D eigenvalue weighted by molar-refractivity contribution is -0.0494. The van der Waals surface area contributed by atoms with E-state index in [1.54, 1.807) is 24.4 Å². The van der Waals surface area contributed by atoms with Gasteiger partial charge in [0.15, 0.2) is 0 Å². The summed E-state index contributed by atoms with van der Waals surface area (Å²) in [5, 5.41) is 11.3. The molecule has 0 spiro atoms. The maximum atomic E-state index is 13.7. The average molecular weight is 637 g/mol. The molecule has 0 aliphatic carbocycles. The molecule has 2 saturated heterocycles. The molecule has 5 rings (SSSR count). The van der Waals surface area contributed by atoms with Gasteiger partial charge in [0.1, 0.15) is 5.69 Å². The molecule has 2 amide bonds. The Labute approximate surface area is 241 Å². The monoisotopic (exact) mass is 635 g/mol. The zero-order valence-electron chi connectivity index (χ0n) is 21.1. The summed E-state index contributed by atoms with van der Waals surface area (Å²) in [6.07, 6.45) is 2.69. The predicted octanol–water partition coefficient (Wildman–Crippen LogP) is 5.92. The lowest BCUT2D eigenvalue weighted by atomic mass is 9.99. The van der Waals surface area contributed by atoms with Crippen LogP contribution in [0.5, 0.6) is 0 Å². The second-order valence-electron chi connectivity index (χ2n) is 9.83. The minimum atomic E-state index is -2.82. The van der Waals surface area contributed by atoms with Crippen LogP contribution in [0.3, 0.4) is 0 Å². The number of carbonyl (C=O) groups excluding carboxylic acids is 2. The van der Waals surface area contributed by atoms with Gasteiger partial charge in [0.05, 0.1) is 35.5 Å². The third-order valence-corrected chi connectivity index (χ3v) is 7.85. The molecule has 9 nitrogen and oxygen atoms in total. The number of fused-ring (bicyclic) bond motifs is 1. The van der Waals surface area contributed by atoms with Crippen molar-refractivity contribution in [3.8, 4) is 0 Å². The number of nitroso groups, excluding NO2 is 1. The Morgan fingerprint density at radius 2 is 1.90 bits per heavy atom. The van der Waals surface area contributed by atoms with Crippen LogP contribution < -0.4 is 10.6 Å². The van der Waals surface area contributed by atoms with E-state index in [2.05, 4.69) is 36.7 Å². The fraction of sp³-hybridized carbons (Fsp3) is 0.370. The molecule has 0 radical (unpaired) electrons. The minimum Gasteiger partial charge on any atom is -0.379 e. The molecule has 2 atom stereocenters. The molecule has 3 heterocycles. The number of benzene rings is 2. The largest absolute Gasteiger partial charge is 0.379 e. The molecule has 0 bridgehead atoms. The summed E-state index contributed by atoms with van der Waals surface area (Å²) in [7, 11) is 0. The highest BCUT2D eigenvalue weighted by Gasteiger charge is 2.37. The van der Waals surface area contributed by atoms with Crippen molar-refractivity contribution >= 4 is 61.5 Å². The summed E-state index contributed by atoms with van der Waals surface area (Å²) in [5.74, 6) is -3.67. The molecule has 210 valence electrons. The van der Waals surface area contributed by atoms with Crippen LogP contribution in [0, 0.1) is 4.91 Å². The van der Waals surface area contributed by atoms with Gasteiger partial charge in [0, 0.05) is 59.8 Å². The van der Waals surface area contributed by atoms with E-state index in [1.807, 2.05) is 0 Å². The van der Waals surface area contributed by atoms with Crippen molar-refractivity contribution in [3.63, 3.8) is 0 Å². The second-order valence-corrected chi connectivity index (χ2v) is 11.2. The summed E-state index contributed by atoms with van der Waals surface area (Å²) in [4.78, 5) is 44.1. The average Bonchev–Trinajstić information content (AvgIpc) is 2.93. The highest BCUT2D eigenvalue weighted by Crippen LogP contribution is 2.36. The number of carbonyl (C=O) groups is 2. The number of aromatic nitrogens is 1. The Kier molecular flexibility index (Phi) is 8.29. The molecule has 13 heteroatoms. The van der Waals surface area contributed by atoms with Crippen LogP contribution >= 0.6 is 27.5 Å². The van der Waals surface area contributed by atoms with E-state index in [0.29, 0.717) is 33.5 Å². The first-order valence-electron chi connectivity index (χ1n) is 12.7. The van der Waals surface area contributed by atoms with Gasteiger partial charge in [-0.2, -0.15) is 0 Å². The van der Waals surface area contributed by atoms with Crippen LogP contribution in [0.15, 0.2) is 52.4 Å². The van der Waals surface area contributed by atoms with Gasteiger partial charge in [0.2, 0.25) is 0 Å². The van der Waals surface area contributed by atoms with Crippen molar-refractivity contribution in [2.24, 2.45) is 5.18 Å². The molecule has 2 aliphatic heterocycles. The standard InChI is InChI=1S/C27H25BrClF2N5O4/c28-16-10-19(26(38)36-6-4-27(30,31)5-7-36)24(22(11-16)35-39)33-23-14-40-8-3-21(23)34-25(37)20-13-32-12-15-9-17(29)1-2-18(15)20/h1-2,9-13,21,23,33H,3-8,14H2,(H,34,37)/t21?,23-/m1/s1. The van der Waals surface area contributed by atoms with Crippen LogP contribution in [0.25, 0.3) is 10.8 Å². The molecule has 2 aliphatic rings. The van der Waals surface area contributed by atoms with E-state index in [4.69, 9.17) is 16.3 Å². The summed E-state index contributed by atoms with van der Waals surface area (Å²) < 4.78 is 33.5. The van der Waals surface area contributed by atoms with E-state index in [9.17, 15) is 23.3 Å². The molecule has 0 saturated carbocycles. The Morgan fingerprint density at radius 3 is 2.65 bits per heavy atom. The number of anilines is 1. The van der Waals surface area contributed by atoms with Crippen molar-refractivity contribution < 1.29 is 23.1 Å². The molecule has 1 unspecified atom stereocenters. The second kappa shape index (κ2) is 11.7. The van der Waals surface area contributed by atoms with Crippen LogP contribution in [0.4, 0.5) is 20.2 Å². The fourth-order valence-electron chi connectivity index (χ4n) is 5.00. The normalized spacial score (nSPS) is 20.6. The maximum absolute atomic E-state index is 13.7. The van der Waals surface area contributed by atoms with E-state index >= 15 is 0 Å². The van der Waals surface area contributed by atoms with E-state index in [-0.39, 0.29) is 42.5 Å². The summed E-state index contributed by atoms with van der Waals surface area (Å²) >= 11 is 9.40. The van der Waals surface area contributed by atoms with Crippen molar-refractivity contribution in [3.05, 3.63) is 68.3 Å². The Balaban J connectivity index is 1.41. The first-order valence-corrected chi connectivity index (χ1v) is 13.8. The van der Waals surface area contributed by atoms with Crippen molar-refractivity contribution in [1.82, 2.24) is 15.2 Å². The molecule has 2 fully saturated rings.